The third-order valence-electron chi connectivity index (χ3n) is 6.23. The Morgan fingerprint density at radius 2 is 1.79 bits per heavy atom. The van der Waals surface area contributed by atoms with Crippen molar-refractivity contribution < 1.29 is 18.7 Å². The minimum Gasteiger partial charge on any atom is -0.465 e. The number of piperazine rings is 1. The van der Waals surface area contributed by atoms with Crippen LogP contribution in [0, 0.1) is 0 Å². The van der Waals surface area contributed by atoms with Crippen LogP contribution in [0.25, 0.3) is 11.1 Å². The predicted octanol–water partition coefficient (Wildman–Crippen LogP) is 2.57. The highest BCUT2D eigenvalue weighted by Gasteiger charge is 2.14. The van der Waals surface area contributed by atoms with Crippen LogP contribution in [0.3, 0.4) is 0 Å². The third-order valence-corrected chi connectivity index (χ3v) is 6.23. The summed E-state index contributed by atoms with van der Waals surface area (Å²) in [5.74, 6) is -0.824. The number of carbonyl (C=O) groups is 2. The van der Waals surface area contributed by atoms with Gasteiger partial charge in [-0.3, -0.25) is 14.2 Å². The van der Waals surface area contributed by atoms with Gasteiger partial charge in [-0.25, -0.2) is 4.79 Å². The summed E-state index contributed by atoms with van der Waals surface area (Å²) in [6.45, 7) is 7.42. The third kappa shape index (κ3) is 6.01. The number of rotatable bonds is 9. The van der Waals surface area contributed by atoms with E-state index in [1.807, 2.05) is 24.3 Å². The molecule has 1 aromatic heterocycles. The lowest BCUT2D eigenvalue weighted by Gasteiger charge is -2.32. The Balaban J connectivity index is 1.31. The van der Waals surface area contributed by atoms with Crippen LogP contribution < -0.4 is 5.76 Å². The molecule has 3 aromatic rings. The van der Waals surface area contributed by atoms with E-state index in [4.69, 9.17) is 9.15 Å². The van der Waals surface area contributed by atoms with Gasteiger partial charge in [-0.05, 0) is 49.7 Å². The Morgan fingerprint density at radius 3 is 2.56 bits per heavy atom. The fraction of sp³-hybridized carbons (Fsp3) is 0.423. The van der Waals surface area contributed by atoms with E-state index < -0.39 is 5.76 Å². The molecular weight excluding hydrogens is 434 g/mol. The van der Waals surface area contributed by atoms with Crippen LogP contribution in [-0.4, -0.2) is 72.5 Å². The Hall–Kier alpha value is -3.23. The Labute approximate surface area is 198 Å². The number of ether oxygens (including phenoxy) is 1. The van der Waals surface area contributed by atoms with Crippen molar-refractivity contribution in [2.24, 2.45) is 0 Å². The van der Waals surface area contributed by atoms with Crippen molar-refractivity contribution >= 4 is 22.9 Å². The van der Waals surface area contributed by atoms with Crippen LogP contribution >= 0.6 is 0 Å². The molecule has 4 rings (SSSR count). The quantitative estimate of drug-likeness (QED) is 0.273. The Bertz CT molecular complexity index is 1220. The van der Waals surface area contributed by atoms with Gasteiger partial charge in [0.2, 0.25) is 0 Å². The van der Waals surface area contributed by atoms with Crippen LogP contribution in [0.2, 0.25) is 0 Å². The predicted molar refractivity (Wildman–Crippen MR) is 129 cm³/mol. The van der Waals surface area contributed by atoms with Gasteiger partial charge in [0.15, 0.2) is 11.4 Å². The zero-order chi connectivity index (χ0) is 24.1. The van der Waals surface area contributed by atoms with E-state index in [0.29, 0.717) is 29.8 Å². The second-order valence-electron chi connectivity index (χ2n) is 8.91. The maximum Gasteiger partial charge on any atom is 0.420 e. The van der Waals surface area contributed by atoms with E-state index >= 15 is 0 Å². The van der Waals surface area contributed by atoms with Gasteiger partial charge >= 0.3 is 11.7 Å². The second-order valence-corrected chi connectivity index (χ2v) is 8.91. The molecule has 0 atom stereocenters. The first-order chi connectivity index (χ1) is 16.4. The molecular formula is C26H31N3O5. The number of fused-ring (bicyclic) bond motifs is 1. The smallest absolute Gasteiger partial charge is 0.420 e. The van der Waals surface area contributed by atoms with Crippen LogP contribution in [0.4, 0.5) is 0 Å². The number of esters is 1. The van der Waals surface area contributed by atoms with Crippen LogP contribution in [0.5, 0.6) is 0 Å². The van der Waals surface area contributed by atoms with Crippen molar-refractivity contribution in [3.8, 4) is 0 Å². The molecule has 2 aromatic carbocycles. The molecule has 1 saturated heterocycles. The Kier molecular flexibility index (Phi) is 7.59. The summed E-state index contributed by atoms with van der Waals surface area (Å²) >= 11 is 0. The maximum absolute atomic E-state index is 12.4. The molecule has 8 heteroatoms. The molecule has 0 spiro atoms. The summed E-state index contributed by atoms with van der Waals surface area (Å²) in [6.07, 6.45) is 1.02. The standard InChI is InChI=1S/C26H31N3O5/c1-19(30)22-7-8-23-24(17-22)34-26(32)29(23)18-21-6-3-5-20(15-21)16-25(31)33-14-4-9-28-12-10-27(2)11-13-28/h3,5-8,15,17H,4,9-14,16,18H2,1-2H3. The number of benzene rings is 2. The van der Waals surface area contributed by atoms with Crippen molar-refractivity contribution in [1.29, 1.82) is 0 Å². The molecule has 0 radical (unpaired) electrons. The number of hydrogen-bond acceptors (Lipinski definition) is 7. The van der Waals surface area contributed by atoms with Crippen molar-refractivity contribution in [3.05, 3.63) is 69.7 Å². The number of likely N-dealkylation sites (N-methyl/N-ethyl adjacent to an activating group) is 1. The first-order valence-corrected chi connectivity index (χ1v) is 11.7. The molecule has 1 fully saturated rings. The van der Waals surface area contributed by atoms with Crippen LogP contribution in [0.1, 0.15) is 34.8 Å². The first kappa shape index (κ1) is 23.9. The van der Waals surface area contributed by atoms with Crippen molar-refractivity contribution in [2.45, 2.75) is 26.3 Å². The SMILES string of the molecule is CC(=O)c1ccc2c(c1)oc(=O)n2Cc1cccc(CC(=O)OCCCN2CCN(C)CC2)c1. The number of ketones is 1. The molecule has 0 aliphatic carbocycles. The minimum absolute atomic E-state index is 0.0868. The highest BCUT2D eigenvalue weighted by atomic mass is 16.5. The molecule has 1 aliphatic rings. The number of aromatic nitrogens is 1. The van der Waals surface area contributed by atoms with Crippen LogP contribution in [0.15, 0.2) is 51.7 Å². The summed E-state index contributed by atoms with van der Waals surface area (Å²) in [5, 5.41) is 0. The average molecular weight is 466 g/mol. The van der Waals surface area contributed by atoms with Gasteiger partial charge in [-0.15, -0.1) is 0 Å². The molecule has 0 bridgehead atoms. The van der Waals surface area contributed by atoms with E-state index in [1.165, 1.54) is 11.5 Å². The topological polar surface area (TPSA) is 85.0 Å². The average Bonchev–Trinajstić information content (AvgIpc) is 3.12. The number of Topliss-reactive ketones (excluding diaryl/α,β-unsaturated/α-hetero) is 1. The van der Waals surface area contributed by atoms with Crippen LogP contribution in [-0.2, 0) is 22.5 Å². The summed E-state index contributed by atoms with van der Waals surface area (Å²) in [5.41, 5.74) is 3.22. The molecule has 0 amide bonds. The highest BCUT2D eigenvalue weighted by molar-refractivity contribution is 5.96. The van der Waals surface area contributed by atoms with Gasteiger partial charge in [0.05, 0.1) is 25.1 Å². The largest absolute Gasteiger partial charge is 0.465 e. The maximum atomic E-state index is 12.4. The van der Waals surface area contributed by atoms with Gasteiger partial charge in [0, 0.05) is 38.3 Å². The van der Waals surface area contributed by atoms with E-state index in [2.05, 4.69) is 16.8 Å². The zero-order valence-electron chi connectivity index (χ0n) is 19.8. The summed E-state index contributed by atoms with van der Waals surface area (Å²) in [4.78, 5) is 41.0. The van der Waals surface area contributed by atoms with E-state index in [0.717, 1.165) is 50.3 Å². The van der Waals surface area contributed by atoms with Gasteiger partial charge < -0.3 is 19.0 Å². The normalized spacial score (nSPS) is 15.0. The van der Waals surface area contributed by atoms with Gasteiger partial charge in [0.1, 0.15) is 0 Å². The fourth-order valence-corrected chi connectivity index (χ4v) is 4.22. The fourth-order valence-electron chi connectivity index (χ4n) is 4.22. The monoisotopic (exact) mass is 465 g/mol. The van der Waals surface area contributed by atoms with Crippen molar-refractivity contribution in [1.82, 2.24) is 14.4 Å². The van der Waals surface area contributed by atoms with E-state index in [9.17, 15) is 14.4 Å². The molecule has 0 saturated carbocycles. The lowest BCUT2D eigenvalue weighted by atomic mass is 10.1. The number of carbonyl (C=O) groups excluding carboxylic acids is 2. The number of nitrogens with zero attached hydrogens (tertiary/aromatic N) is 3. The number of oxazole rings is 1. The summed E-state index contributed by atoms with van der Waals surface area (Å²) in [7, 11) is 2.13. The molecule has 180 valence electrons. The lowest BCUT2D eigenvalue weighted by Crippen LogP contribution is -2.44. The summed E-state index contributed by atoms with van der Waals surface area (Å²) < 4.78 is 12.3. The van der Waals surface area contributed by atoms with Gasteiger partial charge in [-0.2, -0.15) is 0 Å². The van der Waals surface area contributed by atoms with E-state index in [-0.39, 0.29) is 18.2 Å². The van der Waals surface area contributed by atoms with Crippen molar-refractivity contribution in [3.63, 3.8) is 0 Å². The molecule has 0 unspecified atom stereocenters. The second kappa shape index (κ2) is 10.8. The van der Waals surface area contributed by atoms with E-state index in [1.54, 1.807) is 18.2 Å². The Morgan fingerprint density at radius 1 is 1.03 bits per heavy atom. The molecule has 1 aliphatic heterocycles. The summed E-state index contributed by atoms with van der Waals surface area (Å²) in [6, 6.07) is 12.6. The van der Waals surface area contributed by atoms with Crippen molar-refractivity contribution in [2.75, 3.05) is 46.4 Å². The lowest BCUT2D eigenvalue weighted by molar-refractivity contribution is -0.143. The highest BCUT2D eigenvalue weighted by Crippen LogP contribution is 2.17. The molecule has 34 heavy (non-hydrogen) atoms. The van der Waals surface area contributed by atoms with Gasteiger partial charge in [0.25, 0.3) is 0 Å². The molecule has 0 N–H and O–H groups in total. The van der Waals surface area contributed by atoms with Gasteiger partial charge in [-0.1, -0.05) is 24.3 Å². The zero-order valence-corrected chi connectivity index (χ0v) is 19.8. The molecule has 8 nitrogen and oxygen atoms in total. The minimum atomic E-state index is -0.485. The number of hydrogen-bond donors (Lipinski definition) is 0. The molecule has 2 heterocycles. The first-order valence-electron chi connectivity index (χ1n) is 11.7.